The molecule has 6 rings (SSSR count). The number of anilines is 3. The third-order valence-corrected chi connectivity index (χ3v) is 7.87. The molecule has 3 aromatic carbocycles. The predicted octanol–water partition coefficient (Wildman–Crippen LogP) is 5.21. The van der Waals surface area contributed by atoms with Gasteiger partial charge in [0, 0.05) is 17.3 Å². The average Bonchev–Trinajstić information content (AvgIpc) is 3.34. The van der Waals surface area contributed by atoms with Crippen LogP contribution in [0.25, 0.3) is 11.4 Å². The molecular weight excluding hydrogens is 502 g/mol. The van der Waals surface area contributed by atoms with Gasteiger partial charge in [-0.05, 0) is 79.6 Å². The molecule has 0 unspecified atom stereocenters. The number of hydrazine groups is 2. The zero-order chi connectivity index (χ0) is 28.0. The van der Waals surface area contributed by atoms with Gasteiger partial charge >= 0.3 is 0 Å². The van der Waals surface area contributed by atoms with Gasteiger partial charge in [-0.3, -0.25) is 9.80 Å². The Morgan fingerprint density at radius 2 is 1.88 bits per heavy atom. The zero-order valence-electron chi connectivity index (χ0n) is 23.1. The highest BCUT2D eigenvalue weighted by Gasteiger charge is 2.39. The van der Waals surface area contributed by atoms with Crippen molar-refractivity contribution in [1.29, 1.82) is 0 Å². The van der Waals surface area contributed by atoms with Gasteiger partial charge in [-0.15, -0.1) is 5.53 Å². The molecule has 0 radical (unpaired) electrons. The van der Waals surface area contributed by atoms with Crippen LogP contribution >= 0.6 is 0 Å². The van der Waals surface area contributed by atoms with E-state index in [9.17, 15) is 4.79 Å². The molecule has 2 aliphatic rings. The highest BCUT2D eigenvalue weighted by molar-refractivity contribution is 6.06. The molecule has 0 bridgehead atoms. The number of carbonyl (C=O) groups is 1. The van der Waals surface area contributed by atoms with Crippen molar-refractivity contribution in [2.45, 2.75) is 39.0 Å². The Labute approximate surface area is 233 Å². The molecule has 4 aromatic rings. The molecular formula is C31H33N7O2. The maximum absolute atomic E-state index is 13.4. The lowest BCUT2D eigenvalue weighted by Crippen LogP contribution is -2.36. The van der Waals surface area contributed by atoms with Crippen molar-refractivity contribution in [3.63, 3.8) is 0 Å². The summed E-state index contributed by atoms with van der Waals surface area (Å²) in [4.78, 5) is 13.4. The van der Waals surface area contributed by atoms with Gasteiger partial charge in [0.2, 0.25) is 0 Å². The first-order valence-corrected chi connectivity index (χ1v) is 13.3. The van der Waals surface area contributed by atoms with E-state index in [2.05, 4.69) is 28.3 Å². The number of nitrogens with one attached hydrogen (secondary N) is 3. The molecule has 1 fully saturated rings. The van der Waals surface area contributed by atoms with Crippen LogP contribution in [0.2, 0.25) is 0 Å². The van der Waals surface area contributed by atoms with Crippen LogP contribution in [-0.2, 0) is 5.41 Å². The zero-order valence-corrected chi connectivity index (χ0v) is 23.1. The van der Waals surface area contributed by atoms with Crippen LogP contribution < -0.4 is 31.8 Å². The number of amides is 1. The number of aromatic nitrogens is 2. The quantitative estimate of drug-likeness (QED) is 0.241. The molecule has 9 heteroatoms. The maximum atomic E-state index is 13.4. The van der Waals surface area contributed by atoms with E-state index in [4.69, 9.17) is 10.5 Å². The van der Waals surface area contributed by atoms with Crippen molar-refractivity contribution in [2.24, 2.45) is 0 Å². The lowest BCUT2D eigenvalue weighted by Gasteiger charge is -2.20. The van der Waals surface area contributed by atoms with Gasteiger partial charge in [-0.2, -0.15) is 5.10 Å². The fourth-order valence-corrected chi connectivity index (χ4v) is 5.09. The molecule has 0 saturated heterocycles. The SMILES string of the molecule is COc1c(N)cc(C2(C)CC2)cc1NC(=O)c1ccc(C)c(N2C=C(c3cnn(-c4ccccc4)c3C)NN2)c1. The van der Waals surface area contributed by atoms with Gasteiger partial charge in [0.15, 0.2) is 5.75 Å². The number of nitrogen functional groups attached to an aromatic ring is 1. The Balaban J connectivity index is 1.26. The molecule has 0 atom stereocenters. The minimum atomic E-state index is -0.242. The Hall–Kier alpha value is -4.76. The van der Waals surface area contributed by atoms with Crippen LogP contribution in [0, 0.1) is 13.8 Å². The van der Waals surface area contributed by atoms with Crippen molar-refractivity contribution in [1.82, 2.24) is 20.7 Å². The largest absolute Gasteiger partial charge is 0.492 e. The number of rotatable bonds is 7. The average molecular weight is 536 g/mol. The number of nitrogens with two attached hydrogens (primary N) is 1. The highest BCUT2D eigenvalue weighted by Crippen LogP contribution is 2.50. The van der Waals surface area contributed by atoms with Crippen LogP contribution in [0.15, 0.2) is 73.1 Å². The van der Waals surface area contributed by atoms with Gasteiger partial charge in [0.25, 0.3) is 5.91 Å². The molecule has 1 aromatic heterocycles. The fraction of sp³-hybridized carbons (Fsp3) is 0.226. The summed E-state index contributed by atoms with van der Waals surface area (Å²) in [6, 6.07) is 19.6. The summed E-state index contributed by atoms with van der Waals surface area (Å²) in [6.07, 6.45) is 6.02. The molecule has 9 nitrogen and oxygen atoms in total. The third-order valence-electron chi connectivity index (χ3n) is 7.87. The smallest absolute Gasteiger partial charge is 0.255 e. The van der Waals surface area contributed by atoms with Crippen LogP contribution in [0.3, 0.4) is 0 Å². The van der Waals surface area contributed by atoms with E-state index >= 15 is 0 Å². The standard InChI is InChI=1S/C31H33N7O2/c1-19-10-11-21(30(39)34-26-16-22(31(3)12-13-31)15-25(32)29(26)40-4)14-28(19)37-18-27(35-36-37)24-17-33-38(20(24)2)23-8-6-5-7-9-23/h5-11,14-18,35-36H,12-13,32H2,1-4H3,(H,34,39). The number of aryl methyl sites for hydroxylation is 1. The second kappa shape index (κ2) is 9.77. The molecule has 1 aliphatic heterocycles. The molecule has 204 valence electrons. The summed E-state index contributed by atoms with van der Waals surface area (Å²) in [6.45, 7) is 6.25. The number of methoxy groups -OCH3 is 1. The number of para-hydroxylation sites is 1. The molecule has 1 amide bonds. The van der Waals surface area contributed by atoms with Crippen molar-refractivity contribution in [2.75, 3.05) is 23.2 Å². The van der Waals surface area contributed by atoms with E-state index in [0.29, 0.717) is 22.7 Å². The lowest BCUT2D eigenvalue weighted by atomic mass is 9.96. The summed E-state index contributed by atoms with van der Waals surface area (Å²) < 4.78 is 7.45. The summed E-state index contributed by atoms with van der Waals surface area (Å²) in [7, 11) is 1.56. The van der Waals surface area contributed by atoms with Crippen LogP contribution in [-0.4, -0.2) is 22.8 Å². The van der Waals surface area contributed by atoms with Crippen LogP contribution in [0.5, 0.6) is 5.75 Å². The van der Waals surface area contributed by atoms with Crippen molar-refractivity contribution in [3.8, 4) is 11.4 Å². The van der Waals surface area contributed by atoms with E-state index in [-0.39, 0.29) is 11.3 Å². The van der Waals surface area contributed by atoms with Gasteiger partial charge < -0.3 is 21.2 Å². The Kier molecular flexibility index (Phi) is 6.23. The van der Waals surface area contributed by atoms with E-state index < -0.39 is 0 Å². The Morgan fingerprint density at radius 1 is 1.10 bits per heavy atom. The second-order valence-corrected chi connectivity index (χ2v) is 10.7. The maximum Gasteiger partial charge on any atom is 0.255 e. The summed E-state index contributed by atoms with van der Waals surface area (Å²) in [5.74, 6) is 0.228. The predicted molar refractivity (Wildman–Crippen MR) is 158 cm³/mol. The van der Waals surface area contributed by atoms with Crippen molar-refractivity contribution >= 4 is 28.7 Å². The van der Waals surface area contributed by atoms with Crippen LogP contribution in [0.1, 0.15) is 52.5 Å². The number of benzene rings is 3. The van der Waals surface area contributed by atoms with E-state index in [1.54, 1.807) is 7.11 Å². The molecule has 5 N–H and O–H groups in total. The monoisotopic (exact) mass is 535 g/mol. The minimum absolute atomic E-state index is 0.102. The number of nitrogens with zero attached hydrogens (tertiary/aromatic N) is 3. The second-order valence-electron chi connectivity index (χ2n) is 10.7. The number of hydrogen-bond acceptors (Lipinski definition) is 7. The number of ether oxygens (including phenoxy) is 1. The van der Waals surface area contributed by atoms with E-state index in [1.807, 2.05) is 96.6 Å². The topological polar surface area (TPSA) is 109 Å². The Bertz CT molecular complexity index is 1640. The molecule has 40 heavy (non-hydrogen) atoms. The van der Waals surface area contributed by atoms with Gasteiger partial charge in [0.1, 0.15) is 0 Å². The lowest BCUT2D eigenvalue weighted by molar-refractivity contribution is 0.102. The third kappa shape index (κ3) is 4.54. The van der Waals surface area contributed by atoms with Gasteiger partial charge in [-0.1, -0.05) is 31.2 Å². The van der Waals surface area contributed by atoms with Crippen LogP contribution in [0.4, 0.5) is 17.1 Å². The van der Waals surface area contributed by atoms with Crippen molar-refractivity contribution in [3.05, 3.63) is 101 Å². The minimum Gasteiger partial charge on any atom is -0.492 e. The summed E-state index contributed by atoms with van der Waals surface area (Å²) in [5, 5.41) is 9.49. The molecule has 2 heterocycles. The normalized spacial score (nSPS) is 15.4. The first kappa shape index (κ1) is 25.5. The highest BCUT2D eigenvalue weighted by atomic mass is 16.5. The summed E-state index contributed by atoms with van der Waals surface area (Å²) in [5.41, 5.74) is 21.3. The molecule has 1 aliphatic carbocycles. The number of hydrogen-bond donors (Lipinski definition) is 4. The number of carbonyl (C=O) groups excluding carboxylic acids is 1. The first-order chi connectivity index (χ1) is 19.3. The van der Waals surface area contributed by atoms with Gasteiger partial charge in [0.05, 0.1) is 47.4 Å². The Morgan fingerprint density at radius 3 is 2.60 bits per heavy atom. The molecule has 0 spiro atoms. The molecule has 1 saturated carbocycles. The first-order valence-electron chi connectivity index (χ1n) is 13.3. The van der Waals surface area contributed by atoms with E-state index in [0.717, 1.165) is 52.3 Å². The van der Waals surface area contributed by atoms with E-state index in [1.165, 1.54) is 0 Å². The fourth-order valence-electron chi connectivity index (χ4n) is 5.09. The van der Waals surface area contributed by atoms with Crippen molar-refractivity contribution < 1.29 is 9.53 Å². The summed E-state index contributed by atoms with van der Waals surface area (Å²) >= 11 is 0. The van der Waals surface area contributed by atoms with Gasteiger partial charge in [-0.25, -0.2) is 4.68 Å².